The number of rotatable bonds is 4. The fourth-order valence-corrected chi connectivity index (χ4v) is 3.12. The van der Waals surface area contributed by atoms with Gasteiger partial charge in [0, 0.05) is 11.3 Å². The smallest absolute Gasteiger partial charge is 0.276 e. The van der Waals surface area contributed by atoms with Crippen molar-refractivity contribution in [1.82, 2.24) is 15.5 Å². The van der Waals surface area contributed by atoms with Gasteiger partial charge in [-0.3, -0.25) is 0 Å². The Morgan fingerprint density at radius 1 is 1.26 bits per heavy atom. The third kappa shape index (κ3) is 3.36. The average Bonchev–Trinajstić information content (AvgIpc) is 2.96. The molecule has 19 heavy (non-hydrogen) atoms. The van der Waals surface area contributed by atoms with Gasteiger partial charge in [-0.05, 0) is 44.0 Å². The summed E-state index contributed by atoms with van der Waals surface area (Å²) in [6.45, 7) is 2.26. The molecule has 3 rings (SSSR count). The van der Waals surface area contributed by atoms with E-state index < -0.39 is 0 Å². The predicted molar refractivity (Wildman–Crippen MR) is 76.1 cm³/mol. The van der Waals surface area contributed by atoms with Gasteiger partial charge in [0.05, 0.1) is 0 Å². The van der Waals surface area contributed by atoms with Crippen molar-refractivity contribution in [3.63, 3.8) is 0 Å². The van der Waals surface area contributed by atoms with E-state index in [-0.39, 0.29) is 0 Å². The van der Waals surface area contributed by atoms with Crippen LogP contribution < -0.4 is 5.32 Å². The number of benzene rings is 1. The molecular weight excluding hydrogens is 258 g/mol. The fourth-order valence-electron chi connectivity index (χ4n) is 2.22. The molecule has 2 aromatic rings. The molecule has 0 unspecified atom stereocenters. The van der Waals surface area contributed by atoms with Gasteiger partial charge < -0.3 is 9.73 Å². The number of hydrogen-bond donors (Lipinski definition) is 1. The van der Waals surface area contributed by atoms with E-state index in [1.807, 2.05) is 30.3 Å². The van der Waals surface area contributed by atoms with Gasteiger partial charge in [-0.2, -0.15) is 0 Å². The summed E-state index contributed by atoms with van der Waals surface area (Å²) in [5.41, 5.74) is 0.973. The highest BCUT2D eigenvalue weighted by atomic mass is 32.2. The normalized spacial score (nSPS) is 19.5. The standard InChI is InChI=1S/C14H17N3OS/c1-2-6-12(7-3-1)13-16-17-14(18-13)19-10-11-5-4-8-15-9-11/h1-3,6-7,11,15H,4-5,8-10H2/t11-/m1/s1. The summed E-state index contributed by atoms with van der Waals surface area (Å²) < 4.78 is 5.68. The molecule has 2 heterocycles. The number of piperidine rings is 1. The maximum absolute atomic E-state index is 5.68. The van der Waals surface area contributed by atoms with E-state index >= 15 is 0 Å². The van der Waals surface area contributed by atoms with Crippen LogP contribution in [0.4, 0.5) is 0 Å². The third-order valence-electron chi connectivity index (χ3n) is 3.27. The van der Waals surface area contributed by atoms with Gasteiger partial charge in [0.2, 0.25) is 5.89 Å². The molecule has 1 aromatic carbocycles. The molecule has 100 valence electrons. The molecule has 0 bridgehead atoms. The molecule has 0 saturated carbocycles. The van der Waals surface area contributed by atoms with Gasteiger partial charge >= 0.3 is 0 Å². The van der Waals surface area contributed by atoms with Crippen molar-refractivity contribution >= 4 is 11.8 Å². The van der Waals surface area contributed by atoms with Gasteiger partial charge in [0.15, 0.2) is 0 Å². The summed E-state index contributed by atoms with van der Waals surface area (Å²) in [5.74, 6) is 2.36. The van der Waals surface area contributed by atoms with Crippen LogP contribution >= 0.6 is 11.8 Å². The SMILES string of the molecule is c1ccc(-c2nnc(SC[C@@H]3CCCNC3)o2)cc1. The first kappa shape index (κ1) is 12.7. The van der Waals surface area contributed by atoms with Crippen molar-refractivity contribution in [3.05, 3.63) is 30.3 Å². The summed E-state index contributed by atoms with van der Waals surface area (Å²) in [4.78, 5) is 0. The van der Waals surface area contributed by atoms with Gasteiger partial charge in [0.25, 0.3) is 5.22 Å². The molecule has 5 heteroatoms. The average molecular weight is 275 g/mol. The van der Waals surface area contributed by atoms with Gasteiger partial charge in [-0.1, -0.05) is 30.0 Å². The Labute approximate surface area is 117 Å². The molecule has 1 fully saturated rings. The van der Waals surface area contributed by atoms with Crippen LogP contribution in [0.2, 0.25) is 0 Å². The highest BCUT2D eigenvalue weighted by Crippen LogP contribution is 2.25. The zero-order chi connectivity index (χ0) is 12.9. The van der Waals surface area contributed by atoms with Crippen molar-refractivity contribution in [2.45, 2.75) is 18.1 Å². The van der Waals surface area contributed by atoms with Crippen LogP contribution in [0.5, 0.6) is 0 Å². The second-order valence-electron chi connectivity index (χ2n) is 4.76. The molecule has 0 aliphatic carbocycles. The molecule has 0 radical (unpaired) electrons. The molecular formula is C14H17N3OS. The van der Waals surface area contributed by atoms with Crippen LogP contribution in [-0.2, 0) is 0 Å². The van der Waals surface area contributed by atoms with Crippen molar-refractivity contribution in [2.75, 3.05) is 18.8 Å². The first-order valence-corrected chi connectivity index (χ1v) is 7.63. The topological polar surface area (TPSA) is 51.0 Å². The van der Waals surface area contributed by atoms with Crippen molar-refractivity contribution in [2.24, 2.45) is 5.92 Å². The zero-order valence-electron chi connectivity index (χ0n) is 10.7. The van der Waals surface area contributed by atoms with Gasteiger partial charge in [-0.25, -0.2) is 0 Å². The van der Waals surface area contributed by atoms with Crippen molar-refractivity contribution < 1.29 is 4.42 Å². The molecule has 4 nitrogen and oxygen atoms in total. The Bertz CT molecular complexity index is 508. The lowest BCUT2D eigenvalue weighted by atomic mass is 10.0. The summed E-state index contributed by atoms with van der Waals surface area (Å²) >= 11 is 1.66. The molecule has 0 spiro atoms. The van der Waals surface area contributed by atoms with E-state index in [1.54, 1.807) is 11.8 Å². The number of nitrogens with zero attached hydrogens (tertiary/aromatic N) is 2. The van der Waals surface area contributed by atoms with Gasteiger partial charge in [-0.15, -0.1) is 10.2 Å². The molecule has 1 aromatic heterocycles. The molecule has 1 atom stereocenters. The summed E-state index contributed by atoms with van der Waals surface area (Å²) in [6.07, 6.45) is 2.56. The van der Waals surface area contributed by atoms with Crippen LogP contribution in [0.25, 0.3) is 11.5 Å². The highest BCUT2D eigenvalue weighted by molar-refractivity contribution is 7.99. The summed E-state index contributed by atoms with van der Waals surface area (Å²) in [7, 11) is 0. The molecule has 1 N–H and O–H groups in total. The maximum atomic E-state index is 5.68. The first-order valence-electron chi connectivity index (χ1n) is 6.64. The predicted octanol–water partition coefficient (Wildman–Crippen LogP) is 2.83. The number of hydrogen-bond acceptors (Lipinski definition) is 5. The van der Waals surface area contributed by atoms with Crippen LogP contribution in [0, 0.1) is 5.92 Å². The minimum absolute atomic E-state index is 0.602. The van der Waals surface area contributed by atoms with E-state index in [0.717, 1.165) is 24.4 Å². The van der Waals surface area contributed by atoms with E-state index in [1.165, 1.54) is 12.8 Å². The van der Waals surface area contributed by atoms with Crippen LogP contribution in [-0.4, -0.2) is 29.0 Å². The quantitative estimate of drug-likeness (QED) is 0.870. The third-order valence-corrected chi connectivity index (χ3v) is 4.32. The molecule has 1 aliphatic heterocycles. The Morgan fingerprint density at radius 3 is 2.95 bits per heavy atom. The van der Waals surface area contributed by atoms with Crippen molar-refractivity contribution in [1.29, 1.82) is 0 Å². The van der Waals surface area contributed by atoms with Crippen molar-refractivity contribution in [3.8, 4) is 11.5 Å². The Balaban J connectivity index is 1.59. The minimum atomic E-state index is 0.602. The molecule has 0 amide bonds. The largest absolute Gasteiger partial charge is 0.411 e. The highest BCUT2D eigenvalue weighted by Gasteiger charge is 2.15. The summed E-state index contributed by atoms with van der Waals surface area (Å²) in [5, 5.41) is 12.3. The second-order valence-corrected chi connectivity index (χ2v) is 5.73. The lowest BCUT2D eigenvalue weighted by Gasteiger charge is -2.21. The van der Waals surface area contributed by atoms with E-state index in [2.05, 4.69) is 15.5 Å². The van der Waals surface area contributed by atoms with E-state index in [0.29, 0.717) is 17.0 Å². The number of aromatic nitrogens is 2. The van der Waals surface area contributed by atoms with Crippen LogP contribution in [0.1, 0.15) is 12.8 Å². The van der Waals surface area contributed by atoms with Crippen LogP contribution in [0.3, 0.4) is 0 Å². The first-order chi connectivity index (χ1) is 9.42. The van der Waals surface area contributed by atoms with Crippen LogP contribution in [0.15, 0.2) is 40.0 Å². The second kappa shape index (κ2) is 6.21. The zero-order valence-corrected chi connectivity index (χ0v) is 11.5. The Morgan fingerprint density at radius 2 is 2.16 bits per heavy atom. The molecule has 1 saturated heterocycles. The fraction of sp³-hybridized carbons (Fsp3) is 0.429. The summed E-state index contributed by atoms with van der Waals surface area (Å²) in [6, 6.07) is 9.88. The number of thioether (sulfide) groups is 1. The lowest BCUT2D eigenvalue weighted by Crippen LogP contribution is -2.30. The number of nitrogens with one attached hydrogen (secondary N) is 1. The lowest BCUT2D eigenvalue weighted by molar-refractivity contribution is 0.408. The Kier molecular flexibility index (Phi) is 4.15. The minimum Gasteiger partial charge on any atom is -0.411 e. The van der Waals surface area contributed by atoms with E-state index in [9.17, 15) is 0 Å². The molecule has 1 aliphatic rings. The van der Waals surface area contributed by atoms with E-state index in [4.69, 9.17) is 4.42 Å². The maximum Gasteiger partial charge on any atom is 0.276 e. The Hall–Kier alpha value is -1.33. The monoisotopic (exact) mass is 275 g/mol. The van der Waals surface area contributed by atoms with Gasteiger partial charge in [0.1, 0.15) is 0 Å².